The first-order valence-corrected chi connectivity index (χ1v) is 9.19. The van der Waals surface area contributed by atoms with E-state index in [1.165, 1.54) is 17.3 Å². The molecule has 2 aromatic carbocycles. The quantitative estimate of drug-likeness (QED) is 0.449. The lowest BCUT2D eigenvalue weighted by Gasteiger charge is -2.11. The van der Waals surface area contributed by atoms with Gasteiger partial charge < -0.3 is 9.47 Å². The number of para-hydroxylation sites is 1. The summed E-state index contributed by atoms with van der Waals surface area (Å²) in [6, 6.07) is 17.3. The van der Waals surface area contributed by atoms with E-state index in [0.29, 0.717) is 18.2 Å². The predicted molar refractivity (Wildman–Crippen MR) is 109 cm³/mol. The first-order valence-electron chi connectivity index (χ1n) is 9.19. The van der Waals surface area contributed by atoms with Crippen LogP contribution in [0.15, 0.2) is 72.4 Å². The molecule has 8 nitrogen and oxygen atoms in total. The van der Waals surface area contributed by atoms with Gasteiger partial charge in [-0.15, -0.1) is 10.2 Å². The molecule has 0 aliphatic rings. The van der Waals surface area contributed by atoms with E-state index >= 15 is 0 Å². The summed E-state index contributed by atoms with van der Waals surface area (Å²) < 4.78 is 15.0. The summed E-state index contributed by atoms with van der Waals surface area (Å²) in [5, 5.41) is 16.5. The van der Waals surface area contributed by atoms with Crippen LogP contribution in [0.2, 0.25) is 0 Å². The minimum absolute atomic E-state index is 0.565. The Balaban J connectivity index is 1.74. The Morgan fingerprint density at radius 3 is 2.34 bits per heavy atom. The maximum absolute atomic E-state index is 6.23. The molecular weight excluding hydrogens is 368 g/mol. The van der Waals surface area contributed by atoms with Crippen molar-refractivity contribution in [2.75, 3.05) is 6.61 Å². The van der Waals surface area contributed by atoms with Crippen LogP contribution in [-0.2, 0) is 0 Å². The smallest absolute Gasteiger partial charge is 0.231 e. The highest BCUT2D eigenvalue weighted by Crippen LogP contribution is 2.30. The SMILES string of the molecule is CCOc1ccc(Oc2c(/C=N/n3cnnc3)c(C)nn2-c2ccccc2)cc1. The van der Waals surface area contributed by atoms with Crippen LogP contribution in [0.4, 0.5) is 0 Å². The number of aromatic nitrogens is 5. The average molecular weight is 388 g/mol. The lowest BCUT2D eigenvalue weighted by atomic mass is 10.2. The summed E-state index contributed by atoms with van der Waals surface area (Å²) in [6.45, 7) is 4.48. The molecule has 0 bridgehead atoms. The van der Waals surface area contributed by atoms with Gasteiger partial charge in [-0.3, -0.25) is 0 Å². The zero-order valence-corrected chi connectivity index (χ0v) is 16.1. The molecule has 4 aromatic rings. The molecule has 0 aliphatic heterocycles. The third-order valence-corrected chi connectivity index (χ3v) is 4.14. The molecule has 2 heterocycles. The van der Waals surface area contributed by atoms with E-state index in [-0.39, 0.29) is 0 Å². The molecule has 0 amide bonds. The van der Waals surface area contributed by atoms with E-state index in [1.54, 1.807) is 10.9 Å². The number of benzene rings is 2. The number of rotatable bonds is 7. The van der Waals surface area contributed by atoms with Gasteiger partial charge in [-0.2, -0.15) is 14.9 Å². The molecule has 8 heteroatoms. The summed E-state index contributed by atoms with van der Waals surface area (Å²) in [6.07, 6.45) is 4.72. The fraction of sp³-hybridized carbons (Fsp3) is 0.143. The fourth-order valence-corrected chi connectivity index (χ4v) is 2.77. The van der Waals surface area contributed by atoms with Gasteiger partial charge in [0.05, 0.1) is 29.8 Å². The Morgan fingerprint density at radius 2 is 1.66 bits per heavy atom. The van der Waals surface area contributed by atoms with Crippen LogP contribution in [0.5, 0.6) is 17.4 Å². The zero-order valence-electron chi connectivity index (χ0n) is 16.1. The summed E-state index contributed by atoms with van der Waals surface area (Å²) in [5.74, 6) is 2.03. The van der Waals surface area contributed by atoms with Gasteiger partial charge in [0.1, 0.15) is 24.2 Å². The molecule has 0 fully saturated rings. The van der Waals surface area contributed by atoms with Crippen LogP contribution in [0.3, 0.4) is 0 Å². The minimum atomic E-state index is 0.565. The second-order valence-electron chi connectivity index (χ2n) is 6.14. The van der Waals surface area contributed by atoms with Gasteiger partial charge in [0.2, 0.25) is 5.88 Å². The number of hydrogen-bond acceptors (Lipinski definition) is 6. The summed E-state index contributed by atoms with van der Waals surface area (Å²) in [7, 11) is 0. The molecule has 0 spiro atoms. The first kappa shape index (κ1) is 18.4. The standard InChI is InChI=1S/C21H20N6O2/c1-3-28-18-9-11-19(12-10-18)29-21-20(13-24-26-14-22-23-15-26)16(2)25-27(21)17-7-5-4-6-8-17/h4-15H,3H2,1-2H3/b24-13+. The van der Waals surface area contributed by atoms with E-state index in [2.05, 4.69) is 20.4 Å². The lowest BCUT2D eigenvalue weighted by molar-refractivity contribution is 0.339. The first-order chi connectivity index (χ1) is 14.2. The Labute approximate surface area is 168 Å². The second kappa shape index (κ2) is 8.39. The van der Waals surface area contributed by atoms with Crippen molar-refractivity contribution in [3.05, 3.63) is 78.5 Å². The van der Waals surface area contributed by atoms with Gasteiger partial charge in [-0.1, -0.05) is 18.2 Å². The van der Waals surface area contributed by atoms with Gasteiger partial charge in [-0.05, 0) is 50.2 Å². The van der Waals surface area contributed by atoms with Crippen molar-refractivity contribution in [1.29, 1.82) is 0 Å². The van der Waals surface area contributed by atoms with Crippen molar-refractivity contribution in [2.24, 2.45) is 5.10 Å². The van der Waals surface area contributed by atoms with E-state index in [1.807, 2.05) is 68.4 Å². The van der Waals surface area contributed by atoms with Crippen LogP contribution < -0.4 is 9.47 Å². The molecule has 0 saturated carbocycles. The molecule has 29 heavy (non-hydrogen) atoms. The van der Waals surface area contributed by atoms with Crippen molar-refractivity contribution in [3.63, 3.8) is 0 Å². The van der Waals surface area contributed by atoms with Gasteiger partial charge >= 0.3 is 0 Å². The van der Waals surface area contributed by atoms with E-state index in [0.717, 1.165) is 22.7 Å². The number of hydrogen-bond donors (Lipinski definition) is 0. The van der Waals surface area contributed by atoms with Crippen molar-refractivity contribution < 1.29 is 9.47 Å². The highest BCUT2D eigenvalue weighted by Gasteiger charge is 2.18. The topological polar surface area (TPSA) is 79.3 Å². The zero-order chi connectivity index (χ0) is 20.1. The largest absolute Gasteiger partial charge is 0.494 e. The molecule has 2 aromatic heterocycles. The van der Waals surface area contributed by atoms with Gasteiger partial charge in [0.15, 0.2) is 0 Å². The molecule has 146 valence electrons. The summed E-state index contributed by atoms with van der Waals surface area (Å²) in [5.41, 5.74) is 2.43. The lowest BCUT2D eigenvalue weighted by Crippen LogP contribution is -2.01. The molecule has 0 radical (unpaired) electrons. The number of aryl methyl sites for hydroxylation is 1. The molecule has 0 saturated heterocycles. The van der Waals surface area contributed by atoms with Crippen LogP contribution >= 0.6 is 0 Å². The fourth-order valence-electron chi connectivity index (χ4n) is 2.77. The van der Waals surface area contributed by atoms with E-state index < -0.39 is 0 Å². The molecule has 4 rings (SSSR count). The average Bonchev–Trinajstić information content (AvgIpc) is 3.37. The van der Waals surface area contributed by atoms with Gasteiger partial charge in [0.25, 0.3) is 0 Å². The Kier molecular flexibility index (Phi) is 5.33. The minimum Gasteiger partial charge on any atom is -0.494 e. The highest BCUT2D eigenvalue weighted by molar-refractivity contribution is 5.84. The van der Waals surface area contributed by atoms with E-state index in [9.17, 15) is 0 Å². The van der Waals surface area contributed by atoms with Crippen LogP contribution in [0, 0.1) is 6.92 Å². The van der Waals surface area contributed by atoms with Crippen LogP contribution in [0.1, 0.15) is 18.2 Å². The molecular formula is C21H20N6O2. The normalized spacial score (nSPS) is 11.1. The molecule has 0 unspecified atom stereocenters. The third kappa shape index (κ3) is 4.16. The molecule has 0 atom stereocenters. The van der Waals surface area contributed by atoms with Crippen molar-refractivity contribution >= 4 is 6.21 Å². The predicted octanol–water partition coefficient (Wildman–Crippen LogP) is 3.85. The molecule has 0 N–H and O–H groups in total. The molecule has 0 aliphatic carbocycles. The highest BCUT2D eigenvalue weighted by atomic mass is 16.5. The van der Waals surface area contributed by atoms with Crippen molar-refractivity contribution in [1.82, 2.24) is 24.7 Å². The Bertz CT molecular complexity index is 1090. The van der Waals surface area contributed by atoms with Gasteiger partial charge in [-0.25, -0.2) is 4.68 Å². The summed E-state index contributed by atoms with van der Waals surface area (Å²) >= 11 is 0. The van der Waals surface area contributed by atoms with Gasteiger partial charge in [0, 0.05) is 0 Å². The van der Waals surface area contributed by atoms with Crippen molar-refractivity contribution in [2.45, 2.75) is 13.8 Å². The van der Waals surface area contributed by atoms with E-state index in [4.69, 9.17) is 9.47 Å². The summed E-state index contributed by atoms with van der Waals surface area (Å²) in [4.78, 5) is 0. The maximum atomic E-state index is 6.23. The Hall–Kier alpha value is -3.94. The van der Waals surface area contributed by atoms with Crippen molar-refractivity contribution in [3.8, 4) is 23.1 Å². The number of nitrogens with zero attached hydrogens (tertiary/aromatic N) is 6. The number of ether oxygens (including phenoxy) is 2. The Morgan fingerprint density at radius 1 is 0.966 bits per heavy atom. The third-order valence-electron chi connectivity index (χ3n) is 4.14. The monoisotopic (exact) mass is 388 g/mol. The second-order valence-corrected chi connectivity index (χ2v) is 6.14. The van der Waals surface area contributed by atoms with Crippen LogP contribution in [-0.4, -0.2) is 37.5 Å². The maximum Gasteiger partial charge on any atom is 0.231 e. The van der Waals surface area contributed by atoms with Crippen LogP contribution in [0.25, 0.3) is 5.69 Å².